The fraction of sp³-hybridized carbons (Fsp3) is 0.714. The average Bonchev–Trinajstić information content (AvgIpc) is 2.03. The Balaban J connectivity index is 4.10. The van der Waals surface area contributed by atoms with Crippen LogP contribution in [0.2, 0.25) is 0 Å². The summed E-state index contributed by atoms with van der Waals surface area (Å²) in [4.78, 5) is 21.6. The monoisotopic (exact) mass is 223 g/mol. The number of rotatable bonds is 5. The highest BCUT2D eigenvalue weighted by Gasteiger charge is 2.20. The van der Waals surface area contributed by atoms with Crippen molar-refractivity contribution in [3.63, 3.8) is 0 Å². The van der Waals surface area contributed by atoms with Crippen molar-refractivity contribution in [1.82, 2.24) is 5.32 Å². The van der Waals surface area contributed by atoms with Crippen LogP contribution in [0.1, 0.15) is 13.3 Å². The van der Waals surface area contributed by atoms with Gasteiger partial charge in [0.15, 0.2) is 0 Å². The molecule has 0 saturated carbocycles. The number of carboxylic acids is 1. The van der Waals surface area contributed by atoms with Gasteiger partial charge < -0.3 is 10.4 Å². The van der Waals surface area contributed by atoms with Crippen molar-refractivity contribution in [2.75, 3.05) is 5.75 Å². The molecule has 1 unspecified atom stereocenters. The molecule has 0 heterocycles. The maximum absolute atomic E-state index is 11.1. The van der Waals surface area contributed by atoms with E-state index in [1.165, 1.54) is 0 Å². The minimum absolute atomic E-state index is 0.310. The number of thiol groups is 2. The lowest BCUT2D eigenvalue weighted by Crippen LogP contribution is -2.43. The number of amides is 1. The van der Waals surface area contributed by atoms with Crippen molar-refractivity contribution in [1.29, 1.82) is 0 Å². The van der Waals surface area contributed by atoms with Crippen LogP contribution in [0.5, 0.6) is 0 Å². The quantitative estimate of drug-likeness (QED) is 0.503. The van der Waals surface area contributed by atoms with Crippen molar-refractivity contribution in [2.45, 2.75) is 24.6 Å². The maximum atomic E-state index is 11.1. The minimum atomic E-state index is -1.05. The van der Waals surface area contributed by atoms with Crippen LogP contribution in [-0.4, -0.2) is 34.0 Å². The van der Waals surface area contributed by atoms with E-state index in [2.05, 4.69) is 30.6 Å². The molecular formula is C7H13NO3S2. The third-order valence-electron chi connectivity index (χ3n) is 1.41. The molecule has 0 aromatic heterocycles. The summed E-state index contributed by atoms with van der Waals surface area (Å²) in [6, 6.07) is -0.861. The van der Waals surface area contributed by atoms with Crippen LogP contribution in [0, 0.1) is 0 Å². The normalized spacial score (nSPS) is 14.7. The topological polar surface area (TPSA) is 66.4 Å². The molecule has 0 bridgehead atoms. The van der Waals surface area contributed by atoms with Gasteiger partial charge in [-0.3, -0.25) is 4.79 Å². The molecule has 4 nitrogen and oxygen atoms in total. The molecule has 0 aromatic rings. The Bertz CT molecular complexity index is 196. The average molecular weight is 223 g/mol. The molecule has 0 spiro atoms. The van der Waals surface area contributed by atoms with Crippen molar-refractivity contribution in [3.8, 4) is 0 Å². The van der Waals surface area contributed by atoms with E-state index in [1.54, 1.807) is 6.92 Å². The van der Waals surface area contributed by atoms with Crippen LogP contribution in [0.4, 0.5) is 0 Å². The first-order valence-electron chi connectivity index (χ1n) is 3.81. The first-order chi connectivity index (χ1) is 5.99. The molecule has 1 amide bonds. The van der Waals surface area contributed by atoms with Crippen molar-refractivity contribution < 1.29 is 14.7 Å². The van der Waals surface area contributed by atoms with Crippen LogP contribution in [0.25, 0.3) is 0 Å². The Labute approximate surface area is 87.9 Å². The third kappa shape index (κ3) is 5.05. The molecule has 0 aromatic carbocycles. The predicted molar refractivity (Wildman–Crippen MR) is 56.5 cm³/mol. The van der Waals surface area contributed by atoms with Crippen LogP contribution < -0.4 is 5.32 Å². The maximum Gasteiger partial charge on any atom is 0.326 e. The van der Waals surface area contributed by atoms with E-state index in [0.717, 1.165) is 0 Å². The van der Waals surface area contributed by atoms with Crippen molar-refractivity contribution in [3.05, 3.63) is 0 Å². The summed E-state index contributed by atoms with van der Waals surface area (Å²) >= 11 is 7.78. The molecule has 2 atom stereocenters. The Morgan fingerprint density at radius 3 is 2.38 bits per heavy atom. The first kappa shape index (κ1) is 12.6. The SMILES string of the molecule is CC(S)C(=O)N[C@@H](CCS)C(=O)O. The molecule has 0 aliphatic rings. The van der Waals surface area contributed by atoms with Crippen LogP contribution >= 0.6 is 25.3 Å². The van der Waals surface area contributed by atoms with Gasteiger partial charge in [0.1, 0.15) is 6.04 Å². The largest absolute Gasteiger partial charge is 0.480 e. The summed E-state index contributed by atoms with van der Waals surface area (Å²) in [5, 5.41) is 10.5. The highest BCUT2D eigenvalue weighted by Crippen LogP contribution is 1.98. The molecule has 6 heteroatoms. The zero-order valence-corrected chi connectivity index (χ0v) is 9.02. The standard InChI is InChI=1S/C7H13NO3S2/c1-4(13)6(9)8-5(2-3-12)7(10)11/h4-5,12-13H,2-3H2,1H3,(H,8,9)(H,10,11)/t4?,5-/m0/s1. The number of hydrogen-bond donors (Lipinski definition) is 4. The number of hydrogen-bond acceptors (Lipinski definition) is 4. The molecule has 0 saturated heterocycles. The van der Waals surface area contributed by atoms with Gasteiger partial charge in [0.25, 0.3) is 0 Å². The lowest BCUT2D eigenvalue weighted by atomic mass is 10.2. The van der Waals surface area contributed by atoms with Gasteiger partial charge >= 0.3 is 5.97 Å². The van der Waals surface area contributed by atoms with Gasteiger partial charge in [0.2, 0.25) is 5.91 Å². The molecular weight excluding hydrogens is 210 g/mol. The smallest absolute Gasteiger partial charge is 0.326 e. The highest BCUT2D eigenvalue weighted by atomic mass is 32.1. The van der Waals surface area contributed by atoms with E-state index < -0.39 is 17.3 Å². The van der Waals surface area contributed by atoms with E-state index in [1.807, 2.05) is 0 Å². The number of carboxylic acid groups (broad SMARTS) is 1. The number of aliphatic carboxylic acids is 1. The molecule has 13 heavy (non-hydrogen) atoms. The summed E-state index contributed by atoms with van der Waals surface area (Å²) in [5.41, 5.74) is 0. The van der Waals surface area contributed by atoms with Gasteiger partial charge in [0.05, 0.1) is 5.25 Å². The fourth-order valence-corrected chi connectivity index (χ4v) is 1.01. The zero-order valence-electron chi connectivity index (χ0n) is 7.23. The van der Waals surface area contributed by atoms with E-state index >= 15 is 0 Å². The predicted octanol–water partition coefficient (Wildman–Crippen LogP) is 0.194. The molecule has 0 radical (unpaired) electrons. The van der Waals surface area contributed by atoms with E-state index in [9.17, 15) is 9.59 Å². The number of carbonyl (C=O) groups is 2. The molecule has 0 rings (SSSR count). The van der Waals surface area contributed by atoms with Gasteiger partial charge in [0, 0.05) is 0 Å². The summed E-state index contributed by atoms with van der Waals surface area (Å²) < 4.78 is 0. The highest BCUT2D eigenvalue weighted by molar-refractivity contribution is 7.81. The van der Waals surface area contributed by atoms with Gasteiger partial charge in [-0.1, -0.05) is 0 Å². The van der Waals surface area contributed by atoms with Crippen LogP contribution in [-0.2, 0) is 9.59 Å². The third-order valence-corrected chi connectivity index (χ3v) is 1.90. The van der Waals surface area contributed by atoms with E-state index in [0.29, 0.717) is 12.2 Å². The van der Waals surface area contributed by atoms with Gasteiger partial charge in [-0.15, -0.1) is 0 Å². The Hall–Kier alpha value is -0.360. The van der Waals surface area contributed by atoms with Gasteiger partial charge in [-0.2, -0.15) is 25.3 Å². The van der Waals surface area contributed by atoms with Crippen molar-refractivity contribution >= 4 is 37.1 Å². The van der Waals surface area contributed by atoms with E-state index in [-0.39, 0.29) is 5.91 Å². The Morgan fingerprint density at radius 1 is 1.54 bits per heavy atom. The fourth-order valence-electron chi connectivity index (χ4n) is 0.679. The Kier molecular flexibility index (Phi) is 5.98. The lowest BCUT2D eigenvalue weighted by Gasteiger charge is -2.14. The lowest BCUT2D eigenvalue weighted by molar-refractivity contribution is -0.141. The molecule has 2 N–H and O–H groups in total. The summed E-state index contributed by atoms with van der Waals surface area (Å²) in [7, 11) is 0. The van der Waals surface area contributed by atoms with E-state index in [4.69, 9.17) is 5.11 Å². The van der Waals surface area contributed by atoms with Crippen LogP contribution in [0.15, 0.2) is 0 Å². The summed E-state index contributed by atoms with van der Waals surface area (Å²) in [6.07, 6.45) is 0.310. The minimum Gasteiger partial charge on any atom is -0.480 e. The second-order valence-electron chi connectivity index (χ2n) is 2.59. The molecule has 0 aliphatic carbocycles. The summed E-state index contributed by atoms with van der Waals surface area (Å²) in [5.74, 6) is -1.01. The van der Waals surface area contributed by atoms with Crippen LogP contribution in [0.3, 0.4) is 0 Å². The second kappa shape index (κ2) is 6.15. The number of nitrogens with one attached hydrogen (secondary N) is 1. The summed E-state index contributed by atoms with van der Waals surface area (Å²) in [6.45, 7) is 1.58. The number of carbonyl (C=O) groups excluding carboxylic acids is 1. The van der Waals surface area contributed by atoms with Gasteiger partial charge in [-0.05, 0) is 19.1 Å². The molecule has 76 valence electrons. The van der Waals surface area contributed by atoms with Gasteiger partial charge in [-0.25, -0.2) is 4.79 Å². The Morgan fingerprint density at radius 2 is 2.08 bits per heavy atom. The second-order valence-corrected chi connectivity index (χ2v) is 3.81. The zero-order chi connectivity index (χ0) is 10.4. The molecule has 0 fully saturated rings. The van der Waals surface area contributed by atoms with Crippen molar-refractivity contribution in [2.24, 2.45) is 0 Å². The first-order valence-corrected chi connectivity index (χ1v) is 4.96. The molecule has 0 aliphatic heterocycles.